The van der Waals surface area contributed by atoms with E-state index in [1.807, 2.05) is 6.92 Å². The summed E-state index contributed by atoms with van der Waals surface area (Å²) in [6.07, 6.45) is 3.23. The van der Waals surface area contributed by atoms with Gasteiger partial charge < -0.3 is 5.11 Å². The van der Waals surface area contributed by atoms with E-state index in [1.165, 1.54) is 12.3 Å². The lowest BCUT2D eigenvalue weighted by Gasteiger charge is -2.09. The van der Waals surface area contributed by atoms with Crippen molar-refractivity contribution in [3.8, 4) is 0 Å². The molecule has 0 amide bonds. The number of nitrogens with zero attached hydrogens (tertiary/aromatic N) is 1. The molecular weight excluding hydrogens is 181 g/mol. The Morgan fingerprint density at radius 2 is 2.36 bits per heavy atom. The number of rotatable bonds is 4. The Bertz CT molecular complexity index is 325. The van der Waals surface area contributed by atoms with Crippen molar-refractivity contribution in [3.63, 3.8) is 0 Å². The second kappa shape index (κ2) is 4.86. The van der Waals surface area contributed by atoms with E-state index in [4.69, 9.17) is 0 Å². The first-order valence-electron chi connectivity index (χ1n) is 4.52. The molecule has 1 atom stereocenters. The minimum Gasteiger partial charge on any atom is -0.388 e. The van der Waals surface area contributed by atoms with Crippen LogP contribution < -0.4 is 0 Å². The van der Waals surface area contributed by atoms with Crippen LogP contribution in [0.1, 0.15) is 31.4 Å². The standard InChI is InChI=1S/C11H14FNO/c1-8(2)3-4-11(14)9-5-10(12)7-13-6-9/h5-7,11,14H,1,3-4H2,2H3. The molecule has 14 heavy (non-hydrogen) atoms. The van der Waals surface area contributed by atoms with Crippen LogP contribution in [-0.2, 0) is 0 Å². The Hall–Kier alpha value is -1.22. The van der Waals surface area contributed by atoms with Crippen LogP contribution in [0.4, 0.5) is 4.39 Å². The van der Waals surface area contributed by atoms with E-state index in [-0.39, 0.29) is 0 Å². The van der Waals surface area contributed by atoms with Crippen LogP contribution in [-0.4, -0.2) is 10.1 Å². The lowest BCUT2D eigenvalue weighted by molar-refractivity contribution is 0.167. The summed E-state index contributed by atoms with van der Waals surface area (Å²) in [6, 6.07) is 1.30. The van der Waals surface area contributed by atoms with Crippen molar-refractivity contribution >= 4 is 0 Å². The van der Waals surface area contributed by atoms with Gasteiger partial charge in [0.15, 0.2) is 0 Å². The summed E-state index contributed by atoms with van der Waals surface area (Å²) < 4.78 is 12.7. The maximum Gasteiger partial charge on any atom is 0.141 e. The van der Waals surface area contributed by atoms with Crippen LogP contribution in [0.5, 0.6) is 0 Å². The van der Waals surface area contributed by atoms with Gasteiger partial charge in [0.25, 0.3) is 0 Å². The minimum atomic E-state index is -0.658. The van der Waals surface area contributed by atoms with Crippen molar-refractivity contribution in [1.29, 1.82) is 0 Å². The van der Waals surface area contributed by atoms with Gasteiger partial charge in [0.05, 0.1) is 12.3 Å². The average molecular weight is 195 g/mol. The molecule has 1 unspecified atom stereocenters. The van der Waals surface area contributed by atoms with Crippen LogP contribution in [0, 0.1) is 5.82 Å². The number of halogens is 1. The highest BCUT2D eigenvalue weighted by Crippen LogP contribution is 2.19. The van der Waals surface area contributed by atoms with E-state index in [9.17, 15) is 9.50 Å². The third kappa shape index (κ3) is 3.26. The fourth-order valence-electron chi connectivity index (χ4n) is 1.16. The normalized spacial score (nSPS) is 12.5. The molecule has 0 fully saturated rings. The van der Waals surface area contributed by atoms with E-state index in [1.54, 1.807) is 0 Å². The molecule has 0 aromatic carbocycles. The monoisotopic (exact) mass is 195 g/mol. The summed E-state index contributed by atoms with van der Waals surface area (Å²) in [6.45, 7) is 5.64. The van der Waals surface area contributed by atoms with Crippen molar-refractivity contribution in [2.75, 3.05) is 0 Å². The van der Waals surface area contributed by atoms with Crippen LogP contribution in [0.3, 0.4) is 0 Å². The first-order valence-corrected chi connectivity index (χ1v) is 4.52. The molecule has 76 valence electrons. The highest BCUT2D eigenvalue weighted by atomic mass is 19.1. The lowest BCUT2D eigenvalue weighted by Crippen LogP contribution is -1.99. The largest absolute Gasteiger partial charge is 0.388 e. The van der Waals surface area contributed by atoms with E-state index in [0.717, 1.165) is 18.2 Å². The number of allylic oxidation sites excluding steroid dienone is 1. The van der Waals surface area contributed by atoms with Gasteiger partial charge in [0, 0.05) is 11.8 Å². The zero-order chi connectivity index (χ0) is 10.6. The van der Waals surface area contributed by atoms with Gasteiger partial charge in [-0.3, -0.25) is 4.98 Å². The molecule has 3 heteroatoms. The Morgan fingerprint density at radius 1 is 1.64 bits per heavy atom. The fraction of sp³-hybridized carbons (Fsp3) is 0.364. The van der Waals surface area contributed by atoms with Gasteiger partial charge in [-0.25, -0.2) is 4.39 Å². The van der Waals surface area contributed by atoms with Crippen LogP contribution >= 0.6 is 0 Å². The molecule has 0 aliphatic rings. The molecule has 0 saturated heterocycles. The highest BCUT2D eigenvalue weighted by molar-refractivity contribution is 5.13. The smallest absolute Gasteiger partial charge is 0.141 e. The summed E-state index contributed by atoms with van der Waals surface area (Å²) in [5.74, 6) is -0.420. The topological polar surface area (TPSA) is 33.1 Å². The number of aromatic nitrogens is 1. The van der Waals surface area contributed by atoms with Gasteiger partial charge in [-0.05, 0) is 25.8 Å². The molecule has 0 saturated carbocycles. The third-order valence-electron chi connectivity index (χ3n) is 1.96. The number of aliphatic hydroxyl groups excluding tert-OH is 1. The van der Waals surface area contributed by atoms with Gasteiger partial charge >= 0.3 is 0 Å². The van der Waals surface area contributed by atoms with Crippen molar-refractivity contribution in [3.05, 3.63) is 42.0 Å². The maximum atomic E-state index is 12.7. The van der Waals surface area contributed by atoms with E-state index < -0.39 is 11.9 Å². The van der Waals surface area contributed by atoms with Crippen molar-refractivity contribution in [1.82, 2.24) is 4.98 Å². The summed E-state index contributed by atoms with van der Waals surface area (Å²) in [5.41, 5.74) is 1.53. The second-order valence-electron chi connectivity index (χ2n) is 3.45. The summed E-state index contributed by atoms with van der Waals surface area (Å²) in [5, 5.41) is 9.65. The number of pyridine rings is 1. The summed E-state index contributed by atoms with van der Waals surface area (Å²) >= 11 is 0. The molecule has 0 aliphatic carbocycles. The predicted molar refractivity (Wildman–Crippen MR) is 53.2 cm³/mol. The number of hydrogen-bond donors (Lipinski definition) is 1. The quantitative estimate of drug-likeness (QED) is 0.749. The molecule has 1 N–H and O–H groups in total. The Balaban J connectivity index is 2.60. The average Bonchev–Trinajstić information content (AvgIpc) is 2.14. The lowest BCUT2D eigenvalue weighted by atomic mass is 10.0. The first-order chi connectivity index (χ1) is 6.59. The first kappa shape index (κ1) is 10.9. The summed E-state index contributed by atoms with van der Waals surface area (Å²) in [4.78, 5) is 3.67. The van der Waals surface area contributed by atoms with Crippen LogP contribution in [0.2, 0.25) is 0 Å². The SMILES string of the molecule is C=C(C)CCC(O)c1cncc(F)c1. The van der Waals surface area contributed by atoms with Crippen LogP contribution in [0.15, 0.2) is 30.6 Å². The zero-order valence-electron chi connectivity index (χ0n) is 8.20. The molecule has 1 heterocycles. The Labute approximate surface area is 83.1 Å². The van der Waals surface area contributed by atoms with Crippen molar-refractivity contribution in [2.24, 2.45) is 0 Å². The zero-order valence-corrected chi connectivity index (χ0v) is 8.20. The number of aliphatic hydroxyl groups is 1. The molecule has 0 radical (unpaired) electrons. The molecular formula is C11H14FNO. The molecule has 0 bridgehead atoms. The molecule has 0 spiro atoms. The van der Waals surface area contributed by atoms with Gasteiger partial charge in [-0.1, -0.05) is 5.57 Å². The van der Waals surface area contributed by atoms with E-state index in [2.05, 4.69) is 11.6 Å². The predicted octanol–water partition coefficient (Wildman–Crippen LogP) is 2.61. The molecule has 1 rings (SSSR count). The molecule has 0 aliphatic heterocycles. The minimum absolute atomic E-state index is 0.420. The van der Waals surface area contributed by atoms with Crippen LogP contribution in [0.25, 0.3) is 0 Å². The van der Waals surface area contributed by atoms with Crippen molar-refractivity contribution in [2.45, 2.75) is 25.9 Å². The van der Waals surface area contributed by atoms with Gasteiger partial charge in [-0.2, -0.15) is 0 Å². The molecule has 2 nitrogen and oxygen atoms in total. The second-order valence-corrected chi connectivity index (χ2v) is 3.45. The number of hydrogen-bond acceptors (Lipinski definition) is 2. The Morgan fingerprint density at radius 3 is 2.93 bits per heavy atom. The Kier molecular flexibility index (Phi) is 3.77. The maximum absolute atomic E-state index is 12.7. The highest BCUT2D eigenvalue weighted by Gasteiger charge is 2.08. The van der Waals surface area contributed by atoms with Gasteiger partial charge in [0.2, 0.25) is 0 Å². The van der Waals surface area contributed by atoms with E-state index in [0.29, 0.717) is 12.0 Å². The summed E-state index contributed by atoms with van der Waals surface area (Å²) in [7, 11) is 0. The van der Waals surface area contributed by atoms with Gasteiger partial charge in [0.1, 0.15) is 5.82 Å². The fourth-order valence-corrected chi connectivity index (χ4v) is 1.16. The molecule has 1 aromatic rings. The van der Waals surface area contributed by atoms with Crippen molar-refractivity contribution < 1.29 is 9.50 Å². The molecule has 1 aromatic heterocycles. The van der Waals surface area contributed by atoms with E-state index >= 15 is 0 Å². The van der Waals surface area contributed by atoms with Gasteiger partial charge in [-0.15, -0.1) is 6.58 Å². The third-order valence-corrected chi connectivity index (χ3v) is 1.96.